The van der Waals surface area contributed by atoms with Crippen molar-refractivity contribution in [3.05, 3.63) is 29.3 Å². The maximum atomic E-state index is 12.9. The predicted molar refractivity (Wildman–Crippen MR) is 82.3 cm³/mol. The fraction of sp³-hybridized carbons (Fsp3) is 0.533. The minimum absolute atomic E-state index is 0.106. The van der Waals surface area contributed by atoms with E-state index in [4.69, 9.17) is 11.6 Å². The highest BCUT2D eigenvalue weighted by Crippen LogP contribution is 2.42. The standard InChI is InChI=1S/C15H18ClNO4S/c16-11-5-7-12(8-6-11)22(20,21)17-13-4-2-1-3-10(13)9-14(17)15(18)19/h5-8,10,13-14H,1-4,9H2,(H,18,19)/t10?,13?,14-/m0/s1. The molecular weight excluding hydrogens is 326 g/mol. The highest BCUT2D eigenvalue weighted by molar-refractivity contribution is 7.89. The Hall–Kier alpha value is -1.11. The number of hydrogen-bond donors (Lipinski definition) is 1. The number of fused-ring (bicyclic) bond motifs is 1. The molecule has 0 amide bonds. The fourth-order valence-electron chi connectivity index (χ4n) is 3.70. The Kier molecular flexibility index (Phi) is 4.18. The number of nitrogens with zero attached hydrogens (tertiary/aromatic N) is 1. The zero-order chi connectivity index (χ0) is 15.9. The first-order chi connectivity index (χ1) is 10.4. The van der Waals surface area contributed by atoms with Gasteiger partial charge in [0.2, 0.25) is 10.0 Å². The number of sulfonamides is 1. The van der Waals surface area contributed by atoms with Crippen LogP contribution in [0.3, 0.4) is 0 Å². The van der Waals surface area contributed by atoms with Crippen molar-refractivity contribution in [1.82, 2.24) is 4.31 Å². The summed E-state index contributed by atoms with van der Waals surface area (Å²) in [5.41, 5.74) is 0. The smallest absolute Gasteiger partial charge is 0.322 e. The van der Waals surface area contributed by atoms with Crippen LogP contribution in [0.2, 0.25) is 5.02 Å². The van der Waals surface area contributed by atoms with Gasteiger partial charge in [0.05, 0.1) is 4.90 Å². The van der Waals surface area contributed by atoms with Gasteiger partial charge in [-0.3, -0.25) is 4.79 Å². The average molecular weight is 344 g/mol. The van der Waals surface area contributed by atoms with Crippen LogP contribution in [0, 0.1) is 5.92 Å². The lowest BCUT2D eigenvalue weighted by Crippen LogP contribution is -2.46. The molecule has 1 saturated carbocycles. The van der Waals surface area contributed by atoms with Gasteiger partial charge in [0.25, 0.3) is 0 Å². The molecule has 1 aromatic carbocycles. The van der Waals surface area contributed by atoms with Crippen LogP contribution in [0.15, 0.2) is 29.2 Å². The third kappa shape index (κ3) is 2.64. The van der Waals surface area contributed by atoms with Crippen molar-refractivity contribution < 1.29 is 18.3 Å². The van der Waals surface area contributed by atoms with Crippen molar-refractivity contribution in [3.8, 4) is 0 Å². The maximum Gasteiger partial charge on any atom is 0.322 e. The lowest BCUT2D eigenvalue weighted by atomic mass is 9.85. The normalized spacial score (nSPS) is 29.2. The minimum Gasteiger partial charge on any atom is -0.480 e. The van der Waals surface area contributed by atoms with Gasteiger partial charge in [-0.05, 0) is 49.4 Å². The van der Waals surface area contributed by atoms with Crippen molar-refractivity contribution in [3.63, 3.8) is 0 Å². The number of carboxylic acid groups (broad SMARTS) is 1. The Morgan fingerprint density at radius 1 is 1.18 bits per heavy atom. The minimum atomic E-state index is -3.83. The lowest BCUT2D eigenvalue weighted by molar-refractivity contribution is -0.141. The van der Waals surface area contributed by atoms with Crippen LogP contribution < -0.4 is 0 Å². The van der Waals surface area contributed by atoms with Crippen LogP contribution >= 0.6 is 11.6 Å². The zero-order valence-electron chi connectivity index (χ0n) is 12.0. The molecule has 1 aliphatic carbocycles. The van der Waals surface area contributed by atoms with E-state index < -0.39 is 22.0 Å². The van der Waals surface area contributed by atoms with Gasteiger partial charge in [0.1, 0.15) is 6.04 Å². The maximum absolute atomic E-state index is 12.9. The van der Waals surface area contributed by atoms with E-state index in [0.29, 0.717) is 11.4 Å². The van der Waals surface area contributed by atoms with E-state index in [1.165, 1.54) is 28.6 Å². The van der Waals surface area contributed by atoms with Gasteiger partial charge in [-0.25, -0.2) is 8.42 Å². The van der Waals surface area contributed by atoms with E-state index in [9.17, 15) is 18.3 Å². The van der Waals surface area contributed by atoms with Crippen LogP contribution in [0.5, 0.6) is 0 Å². The fourth-order valence-corrected chi connectivity index (χ4v) is 5.70. The Bertz CT molecular complexity index is 673. The second kappa shape index (κ2) is 5.83. The number of carbonyl (C=O) groups is 1. The van der Waals surface area contributed by atoms with Gasteiger partial charge < -0.3 is 5.11 Å². The van der Waals surface area contributed by atoms with Gasteiger partial charge >= 0.3 is 5.97 Å². The predicted octanol–water partition coefficient (Wildman–Crippen LogP) is 2.75. The van der Waals surface area contributed by atoms with Crippen molar-refractivity contribution >= 4 is 27.6 Å². The Morgan fingerprint density at radius 3 is 2.45 bits per heavy atom. The zero-order valence-corrected chi connectivity index (χ0v) is 13.6. The molecule has 120 valence electrons. The monoisotopic (exact) mass is 343 g/mol. The van der Waals surface area contributed by atoms with E-state index >= 15 is 0 Å². The molecule has 0 spiro atoms. The van der Waals surface area contributed by atoms with Crippen LogP contribution in [-0.2, 0) is 14.8 Å². The molecular formula is C15H18ClNO4S. The van der Waals surface area contributed by atoms with Crippen molar-refractivity contribution in [2.75, 3.05) is 0 Å². The molecule has 0 aromatic heterocycles. The van der Waals surface area contributed by atoms with Gasteiger partial charge in [-0.15, -0.1) is 0 Å². The summed E-state index contributed by atoms with van der Waals surface area (Å²) in [4.78, 5) is 11.7. The van der Waals surface area contributed by atoms with Gasteiger partial charge in [0.15, 0.2) is 0 Å². The number of carboxylic acids is 1. The Morgan fingerprint density at radius 2 is 1.82 bits per heavy atom. The molecule has 1 saturated heterocycles. The molecule has 7 heteroatoms. The molecule has 2 aliphatic rings. The second-order valence-corrected chi connectivity index (χ2v) is 8.27. The number of hydrogen-bond acceptors (Lipinski definition) is 3. The number of rotatable bonds is 3. The van der Waals surface area contributed by atoms with Crippen molar-refractivity contribution in [2.24, 2.45) is 5.92 Å². The van der Waals surface area contributed by atoms with Crippen LogP contribution in [0.4, 0.5) is 0 Å². The molecule has 22 heavy (non-hydrogen) atoms. The summed E-state index contributed by atoms with van der Waals surface area (Å²) in [6.45, 7) is 0. The molecule has 5 nitrogen and oxygen atoms in total. The lowest BCUT2D eigenvalue weighted by Gasteiger charge is -2.32. The van der Waals surface area contributed by atoms with Crippen LogP contribution in [0.25, 0.3) is 0 Å². The SMILES string of the molecule is O=C(O)[C@@H]1CC2CCCCC2N1S(=O)(=O)c1ccc(Cl)cc1. The molecule has 0 radical (unpaired) electrons. The molecule has 2 fully saturated rings. The van der Waals surface area contributed by atoms with E-state index in [-0.39, 0.29) is 16.9 Å². The number of halogens is 1. The summed E-state index contributed by atoms with van der Waals surface area (Å²) in [7, 11) is -3.83. The molecule has 1 aliphatic heterocycles. The molecule has 3 rings (SSSR count). The number of aliphatic carboxylic acids is 1. The van der Waals surface area contributed by atoms with Gasteiger partial charge in [-0.1, -0.05) is 24.4 Å². The summed E-state index contributed by atoms with van der Waals surface area (Å²) in [5.74, 6) is -0.913. The largest absolute Gasteiger partial charge is 0.480 e. The van der Waals surface area contributed by atoms with E-state index in [1.807, 2.05) is 0 Å². The Balaban J connectivity index is 2.01. The second-order valence-electron chi connectivity index (χ2n) is 5.99. The Labute approximate surface area is 134 Å². The summed E-state index contributed by atoms with van der Waals surface area (Å²) in [6, 6.07) is 4.74. The highest BCUT2D eigenvalue weighted by Gasteiger charge is 2.51. The summed E-state index contributed by atoms with van der Waals surface area (Å²) < 4.78 is 27.1. The van der Waals surface area contributed by atoms with Crippen LogP contribution in [0.1, 0.15) is 32.1 Å². The molecule has 1 N–H and O–H groups in total. The summed E-state index contributed by atoms with van der Waals surface area (Å²) in [5, 5.41) is 9.91. The summed E-state index contributed by atoms with van der Waals surface area (Å²) >= 11 is 5.81. The van der Waals surface area contributed by atoms with E-state index in [1.54, 1.807) is 0 Å². The third-order valence-corrected chi connectivity index (χ3v) is 6.90. The first kappa shape index (κ1) is 15.8. The molecule has 2 unspecified atom stereocenters. The van der Waals surface area contributed by atoms with E-state index in [0.717, 1.165) is 25.7 Å². The van der Waals surface area contributed by atoms with Gasteiger partial charge in [0, 0.05) is 11.1 Å². The number of benzene rings is 1. The molecule has 1 aromatic rings. The molecule has 3 atom stereocenters. The summed E-state index contributed by atoms with van der Waals surface area (Å²) in [6.07, 6.45) is 4.04. The van der Waals surface area contributed by atoms with Crippen LogP contribution in [-0.4, -0.2) is 35.9 Å². The highest BCUT2D eigenvalue weighted by atomic mass is 35.5. The third-order valence-electron chi connectivity index (χ3n) is 4.70. The first-order valence-electron chi connectivity index (χ1n) is 7.43. The van der Waals surface area contributed by atoms with E-state index in [2.05, 4.69) is 0 Å². The quantitative estimate of drug-likeness (QED) is 0.915. The topological polar surface area (TPSA) is 74.7 Å². The van der Waals surface area contributed by atoms with Gasteiger partial charge in [-0.2, -0.15) is 4.31 Å². The molecule has 1 heterocycles. The average Bonchev–Trinajstić information content (AvgIpc) is 2.88. The van der Waals surface area contributed by atoms with Crippen molar-refractivity contribution in [1.29, 1.82) is 0 Å². The molecule has 0 bridgehead atoms. The van der Waals surface area contributed by atoms with Crippen molar-refractivity contribution in [2.45, 2.75) is 49.1 Å². The first-order valence-corrected chi connectivity index (χ1v) is 9.25.